The second kappa shape index (κ2) is 10.9. The highest BCUT2D eigenvalue weighted by Gasteiger charge is 2.18. The first-order chi connectivity index (χ1) is 15.4. The fraction of sp³-hybridized carbons (Fsp3) is 0.292. The van der Waals surface area contributed by atoms with Crippen molar-refractivity contribution in [2.75, 3.05) is 18.5 Å². The number of hydrogen-bond acceptors (Lipinski definition) is 6. The van der Waals surface area contributed by atoms with Gasteiger partial charge in [0.15, 0.2) is 0 Å². The maximum Gasteiger partial charge on any atom is 0.271 e. The minimum atomic E-state index is -0.461. The van der Waals surface area contributed by atoms with Crippen LogP contribution in [0.25, 0.3) is 5.69 Å². The topological polar surface area (TPSA) is 82.5 Å². The van der Waals surface area contributed by atoms with E-state index in [4.69, 9.17) is 9.47 Å². The number of aromatic nitrogens is 2. The number of ether oxygens (including phenoxy) is 2. The molecule has 0 aliphatic rings. The van der Waals surface area contributed by atoms with Gasteiger partial charge in [-0.15, -0.1) is 0 Å². The number of aryl methyl sites for hydroxylation is 1. The number of carbonyl (C=O) groups is 1. The molecule has 0 radical (unpaired) electrons. The molecule has 0 aliphatic heterocycles. The first kappa shape index (κ1) is 23.4. The summed E-state index contributed by atoms with van der Waals surface area (Å²) < 4.78 is 12.5. The molecule has 0 aliphatic carbocycles. The van der Waals surface area contributed by atoms with Crippen LogP contribution >= 0.6 is 11.8 Å². The molecule has 1 N–H and O–H groups in total. The molecule has 0 spiro atoms. The molecule has 3 rings (SSSR count). The molecule has 8 heteroatoms. The molecule has 0 saturated heterocycles. The molecule has 168 valence electrons. The largest absolute Gasteiger partial charge is 0.494 e. The Morgan fingerprint density at radius 1 is 1.06 bits per heavy atom. The molecule has 1 aromatic heterocycles. The van der Waals surface area contributed by atoms with Crippen molar-refractivity contribution in [1.82, 2.24) is 9.78 Å². The summed E-state index contributed by atoms with van der Waals surface area (Å²) in [6, 6.07) is 15.9. The third-order valence-corrected chi connectivity index (χ3v) is 5.57. The van der Waals surface area contributed by atoms with Gasteiger partial charge in [0.05, 0.1) is 29.8 Å². The van der Waals surface area contributed by atoms with E-state index in [-0.39, 0.29) is 11.5 Å². The van der Waals surface area contributed by atoms with Crippen molar-refractivity contribution in [3.05, 3.63) is 70.5 Å². The Kier molecular flexibility index (Phi) is 7.94. The lowest BCUT2D eigenvalue weighted by atomic mass is 10.2. The molecule has 2 aromatic carbocycles. The molecule has 3 aromatic rings. The average molecular weight is 454 g/mol. The van der Waals surface area contributed by atoms with Gasteiger partial charge in [-0.2, -0.15) is 9.78 Å². The van der Waals surface area contributed by atoms with E-state index < -0.39 is 5.25 Å². The molecule has 1 unspecified atom stereocenters. The Balaban J connectivity index is 1.76. The van der Waals surface area contributed by atoms with Crippen molar-refractivity contribution in [3.8, 4) is 17.2 Å². The van der Waals surface area contributed by atoms with Crippen LogP contribution in [0.4, 0.5) is 5.69 Å². The number of thioether (sulfide) groups is 1. The normalized spacial score (nSPS) is 11.6. The maximum atomic E-state index is 12.9. The van der Waals surface area contributed by atoms with E-state index >= 15 is 0 Å². The second-order valence-electron chi connectivity index (χ2n) is 7.03. The maximum absolute atomic E-state index is 12.9. The predicted molar refractivity (Wildman–Crippen MR) is 127 cm³/mol. The molecule has 1 heterocycles. The van der Waals surface area contributed by atoms with Crippen LogP contribution in [0, 0.1) is 6.92 Å². The summed E-state index contributed by atoms with van der Waals surface area (Å²) in [6.45, 7) is 8.55. The summed E-state index contributed by atoms with van der Waals surface area (Å²) in [5.74, 6) is 1.02. The van der Waals surface area contributed by atoms with Crippen molar-refractivity contribution in [2.24, 2.45) is 0 Å². The van der Waals surface area contributed by atoms with Gasteiger partial charge in [0.1, 0.15) is 16.5 Å². The van der Waals surface area contributed by atoms with E-state index in [0.29, 0.717) is 41.1 Å². The third kappa shape index (κ3) is 5.91. The number of carbonyl (C=O) groups excluding carboxylic acids is 1. The summed E-state index contributed by atoms with van der Waals surface area (Å²) in [4.78, 5) is 25.2. The molecule has 0 saturated carbocycles. The van der Waals surface area contributed by atoms with Gasteiger partial charge in [0.2, 0.25) is 5.91 Å². The first-order valence-corrected chi connectivity index (χ1v) is 11.3. The van der Waals surface area contributed by atoms with Crippen molar-refractivity contribution in [1.29, 1.82) is 0 Å². The average Bonchev–Trinajstić information content (AvgIpc) is 2.78. The third-order valence-electron chi connectivity index (χ3n) is 4.54. The number of nitrogens with zero attached hydrogens (tertiary/aromatic N) is 2. The van der Waals surface area contributed by atoms with Crippen LogP contribution in [0.1, 0.15) is 26.3 Å². The van der Waals surface area contributed by atoms with E-state index in [1.807, 2.05) is 45.0 Å². The molecule has 32 heavy (non-hydrogen) atoms. The Hall–Kier alpha value is -3.26. The van der Waals surface area contributed by atoms with Crippen LogP contribution in [0.15, 0.2) is 64.4 Å². The first-order valence-electron chi connectivity index (χ1n) is 10.5. The van der Waals surface area contributed by atoms with E-state index in [2.05, 4.69) is 10.4 Å². The predicted octanol–water partition coefficient (Wildman–Crippen LogP) is 4.46. The Morgan fingerprint density at radius 3 is 2.47 bits per heavy atom. The van der Waals surface area contributed by atoms with Crippen LogP contribution in [0.2, 0.25) is 0 Å². The van der Waals surface area contributed by atoms with Crippen LogP contribution in [0.3, 0.4) is 0 Å². The monoisotopic (exact) mass is 453 g/mol. The molecular weight excluding hydrogens is 426 g/mol. The zero-order chi connectivity index (χ0) is 23.1. The lowest BCUT2D eigenvalue weighted by Crippen LogP contribution is -2.24. The van der Waals surface area contributed by atoms with Crippen LogP contribution in [0.5, 0.6) is 11.5 Å². The minimum Gasteiger partial charge on any atom is -0.494 e. The van der Waals surface area contributed by atoms with Crippen LogP contribution in [-0.4, -0.2) is 34.2 Å². The van der Waals surface area contributed by atoms with E-state index in [1.165, 1.54) is 22.5 Å². The summed E-state index contributed by atoms with van der Waals surface area (Å²) in [5, 5.41) is 7.46. The quantitative estimate of drug-likeness (QED) is 0.482. The van der Waals surface area contributed by atoms with Gasteiger partial charge in [-0.25, -0.2) is 0 Å². The van der Waals surface area contributed by atoms with Gasteiger partial charge in [-0.3, -0.25) is 9.59 Å². The Morgan fingerprint density at radius 2 is 1.78 bits per heavy atom. The summed E-state index contributed by atoms with van der Waals surface area (Å²) in [7, 11) is 0. The number of amides is 1. The van der Waals surface area contributed by atoms with Gasteiger partial charge >= 0.3 is 0 Å². The van der Waals surface area contributed by atoms with Gasteiger partial charge in [-0.1, -0.05) is 29.5 Å². The molecule has 7 nitrogen and oxygen atoms in total. The summed E-state index contributed by atoms with van der Waals surface area (Å²) in [6.07, 6.45) is 0. The van der Waals surface area contributed by atoms with Crippen molar-refractivity contribution in [2.45, 2.75) is 38.0 Å². The standard InChI is InChI=1S/C24H27N3O4S/c1-5-30-19-11-12-21(31-6-2)20(15-19)25-24(29)17(4)32-22-13-14-23(28)27(26-22)18-9-7-16(3)8-10-18/h7-15,17H,5-6H2,1-4H3,(H,25,29). The molecule has 0 fully saturated rings. The smallest absolute Gasteiger partial charge is 0.271 e. The number of hydrogen-bond donors (Lipinski definition) is 1. The van der Waals surface area contributed by atoms with Crippen LogP contribution in [-0.2, 0) is 4.79 Å². The number of anilines is 1. The Bertz CT molecular complexity index is 1130. The molecule has 1 amide bonds. The summed E-state index contributed by atoms with van der Waals surface area (Å²) in [5.41, 5.74) is 2.09. The SMILES string of the molecule is CCOc1ccc(OCC)c(NC(=O)C(C)Sc2ccc(=O)n(-c3ccc(C)cc3)n2)c1. The number of benzene rings is 2. The van der Waals surface area contributed by atoms with Crippen molar-refractivity contribution < 1.29 is 14.3 Å². The Labute approximate surface area is 191 Å². The van der Waals surface area contributed by atoms with Crippen molar-refractivity contribution in [3.63, 3.8) is 0 Å². The lowest BCUT2D eigenvalue weighted by Gasteiger charge is -2.16. The van der Waals surface area contributed by atoms with E-state index in [9.17, 15) is 9.59 Å². The number of rotatable bonds is 9. The second-order valence-corrected chi connectivity index (χ2v) is 8.39. The van der Waals surface area contributed by atoms with E-state index in [1.54, 1.807) is 31.2 Å². The fourth-order valence-electron chi connectivity index (χ4n) is 2.94. The van der Waals surface area contributed by atoms with Gasteiger partial charge < -0.3 is 14.8 Å². The zero-order valence-electron chi connectivity index (χ0n) is 18.6. The van der Waals surface area contributed by atoms with Gasteiger partial charge in [0.25, 0.3) is 5.56 Å². The highest BCUT2D eigenvalue weighted by atomic mass is 32.2. The lowest BCUT2D eigenvalue weighted by molar-refractivity contribution is -0.115. The molecule has 1 atom stereocenters. The highest BCUT2D eigenvalue weighted by Crippen LogP contribution is 2.31. The summed E-state index contributed by atoms with van der Waals surface area (Å²) >= 11 is 1.27. The van der Waals surface area contributed by atoms with Crippen LogP contribution < -0.4 is 20.3 Å². The van der Waals surface area contributed by atoms with E-state index in [0.717, 1.165) is 5.56 Å². The zero-order valence-corrected chi connectivity index (χ0v) is 19.4. The number of nitrogens with one attached hydrogen (secondary N) is 1. The highest BCUT2D eigenvalue weighted by molar-refractivity contribution is 8.00. The molecule has 0 bridgehead atoms. The van der Waals surface area contributed by atoms with Gasteiger partial charge in [-0.05, 0) is 58.0 Å². The van der Waals surface area contributed by atoms with Crippen molar-refractivity contribution >= 4 is 23.4 Å². The van der Waals surface area contributed by atoms with Gasteiger partial charge in [0, 0.05) is 12.1 Å². The minimum absolute atomic E-state index is 0.209. The fourth-order valence-corrected chi connectivity index (χ4v) is 3.75. The molecular formula is C24H27N3O4S.